The van der Waals surface area contributed by atoms with Gasteiger partial charge in [0, 0.05) is 29.6 Å². The van der Waals surface area contributed by atoms with Crippen molar-refractivity contribution in [2.75, 3.05) is 33.9 Å². The number of furan rings is 1. The lowest BCUT2D eigenvalue weighted by atomic mass is 10.1. The topological polar surface area (TPSA) is 228 Å². The largest absolute Gasteiger partial charge is 0.456 e. The summed E-state index contributed by atoms with van der Waals surface area (Å²) in [5, 5.41) is 25.7. The molecule has 0 bridgehead atoms. The zero-order valence-electron chi connectivity index (χ0n) is 31.2. The fourth-order valence-electron chi connectivity index (χ4n) is 7.44. The number of imidazole rings is 2. The number of aliphatic hydroxyl groups excluding tert-OH is 2. The molecule has 2 aromatic carbocycles. The molecule has 2 saturated heterocycles. The number of rotatable bonds is 11. The summed E-state index contributed by atoms with van der Waals surface area (Å²) >= 11 is 0. The van der Waals surface area contributed by atoms with Crippen LogP contribution >= 0.6 is 0 Å². The highest BCUT2D eigenvalue weighted by atomic mass is 16.5. The smallest absolute Gasteiger partial charge is 0.407 e. The van der Waals surface area contributed by atoms with Gasteiger partial charge in [0.25, 0.3) is 0 Å². The number of alkyl carbamates (subject to hydrolysis) is 2. The van der Waals surface area contributed by atoms with Gasteiger partial charge in [0.1, 0.15) is 35.1 Å². The maximum atomic E-state index is 13.4. The number of benzene rings is 2. The number of methoxy groups -OCH3 is 2. The predicted molar refractivity (Wildman–Crippen MR) is 202 cm³/mol. The molecule has 2 aliphatic rings. The number of nitrogens with one attached hydrogen (secondary N) is 4. The summed E-state index contributed by atoms with van der Waals surface area (Å²) < 4.78 is 15.5. The van der Waals surface area contributed by atoms with Gasteiger partial charge < -0.3 is 54.5 Å². The third-order valence-corrected chi connectivity index (χ3v) is 10.4. The molecular weight excluding hydrogens is 724 g/mol. The molecule has 0 unspecified atom stereocenters. The van der Waals surface area contributed by atoms with E-state index in [9.17, 15) is 29.4 Å². The summed E-state index contributed by atoms with van der Waals surface area (Å²) in [5.74, 6) is 1.11. The molecule has 0 aliphatic carbocycles. The molecule has 56 heavy (non-hydrogen) atoms. The van der Waals surface area contributed by atoms with Crippen LogP contribution in [0.5, 0.6) is 0 Å². The Bertz CT molecular complexity index is 2210. The van der Waals surface area contributed by atoms with Crippen molar-refractivity contribution in [1.29, 1.82) is 0 Å². The number of amides is 4. The third-order valence-electron chi connectivity index (χ3n) is 10.4. The van der Waals surface area contributed by atoms with Crippen molar-refractivity contribution in [2.24, 2.45) is 0 Å². The Labute approximate surface area is 321 Å². The van der Waals surface area contributed by atoms with Crippen LogP contribution in [0.15, 0.2) is 65.3 Å². The number of carbonyl (C=O) groups excluding carboxylic acids is 4. The highest BCUT2D eigenvalue weighted by molar-refractivity contribution is 5.88. The van der Waals surface area contributed by atoms with E-state index in [1.807, 2.05) is 48.5 Å². The molecule has 7 rings (SSSR count). The van der Waals surface area contributed by atoms with E-state index in [1.54, 1.807) is 22.2 Å². The minimum absolute atomic E-state index is 0.336. The molecule has 2 aliphatic heterocycles. The van der Waals surface area contributed by atoms with Gasteiger partial charge >= 0.3 is 12.2 Å². The second kappa shape index (κ2) is 16.3. The highest BCUT2D eigenvalue weighted by Gasteiger charge is 2.39. The molecule has 4 amide bonds. The average molecular weight is 769 g/mol. The van der Waals surface area contributed by atoms with E-state index in [0.29, 0.717) is 48.9 Å². The lowest BCUT2D eigenvalue weighted by Gasteiger charge is -2.29. The van der Waals surface area contributed by atoms with Gasteiger partial charge in [0.05, 0.1) is 62.8 Å². The number of ether oxygens (including phenoxy) is 2. The standard InChI is InChI=1S/C39H44N8O9/c1-21(49)33(45-39(53)55-3)37(51)47-15-5-7-30(47)35-40-18-26(42-35)22-8-10-23(11-9-22)32-17-25-16-24(12-13-31(25)56-32)27-19-41-34(43-27)29-6-4-14-46(29)36(50)28(20-48)44-38(52)54-2/h8-13,16-19,21,28-30,33,48-49H,4-7,14-15,20H2,1-3H3,(H,40,42)(H,41,43)(H,44,52)(H,45,53)/t21-,28+,29+,30+,33+/m1/s1. The van der Waals surface area contributed by atoms with Crippen LogP contribution in [0.4, 0.5) is 9.59 Å². The Kier molecular flexibility index (Phi) is 11.1. The normalized spacial score (nSPS) is 18.4. The van der Waals surface area contributed by atoms with Crippen LogP contribution in [0.2, 0.25) is 0 Å². The molecule has 0 spiro atoms. The number of likely N-dealkylation sites (tertiary alicyclic amines) is 2. The first-order chi connectivity index (χ1) is 27.1. The molecule has 5 atom stereocenters. The number of fused-ring (bicyclic) bond motifs is 1. The van der Waals surface area contributed by atoms with Gasteiger partial charge in [-0.3, -0.25) is 9.59 Å². The van der Waals surface area contributed by atoms with Gasteiger partial charge in [0.2, 0.25) is 11.8 Å². The third kappa shape index (κ3) is 7.67. The van der Waals surface area contributed by atoms with Crippen molar-refractivity contribution < 1.29 is 43.3 Å². The van der Waals surface area contributed by atoms with Gasteiger partial charge in [0.15, 0.2) is 0 Å². The number of aromatic nitrogens is 4. The quantitative estimate of drug-likeness (QED) is 0.112. The van der Waals surface area contributed by atoms with E-state index < -0.39 is 48.8 Å². The number of aromatic amines is 2. The van der Waals surface area contributed by atoms with Crippen LogP contribution in [-0.2, 0) is 19.1 Å². The molecule has 5 heterocycles. The Hall–Kier alpha value is -6.20. The van der Waals surface area contributed by atoms with E-state index >= 15 is 0 Å². The fourth-order valence-corrected chi connectivity index (χ4v) is 7.44. The van der Waals surface area contributed by atoms with E-state index in [4.69, 9.17) is 4.42 Å². The Morgan fingerprint density at radius 1 is 0.821 bits per heavy atom. The summed E-state index contributed by atoms with van der Waals surface area (Å²) in [7, 11) is 2.39. The second-order valence-electron chi connectivity index (χ2n) is 13.9. The Morgan fingerprint density at radius 3 is 1.96 bits per heavy atom. The number of hydrogen-bond donors (Lipinski definition) is 6. The fraction of sp³-hybridized carbons (Fsp3) is 0.385. The van der Waals surface area contributed by atoms with Crippen molar-refractivity contribution in [3.05, 3.63) is 72.6 Å². The SMILES string of the molecule is COC(=O)N[C@@H](CO)C(=O)N1CCC[C@H]1c1ncc(-c2ccc3oc(-c4ccc(-c5cnc([C@@H]6CCCN6C(=O)[C@@H](NC(=O)OC)[C@@H](C)O)[nH]5)cc4)cc3c2)[nH]1. The van der Waals surface area contributed by atoms with Crippen LogP contribution in [0.25, 0.3) is 44.8 Å². The number of H-pyrrole nitrogens is 2. The summed E-state index contributed by atoms with van der Waals surface area (Å²) in [5.41, 5.74) is 4.90. The summed E-state index contributed by atoms with van der Waals surface area (Å²) in [4.78, 5) is 69.3. The van der Waals surface area contributed by atoms with Crippen molar-refractivity contribution in [1.82, 2.24) is 40.4 Å². The number of aliphatic hydroxyl groups is 2. The lowest BCUT2D eigenvalue weighted by molar-refractivity contribution is -0.137. The first-order valence-corrected chi connectivity index (χ1v) is 18.4. The van der Waals surface area contributed by atoms with E-state index in [0.717, 1.165) is 46.3 Å². The summed E-state index contributed by atoms with van der Waals surface area (Å²) in [6, 6.07) is 12.7. The molecule has 3 aromatic heterocycles. The first-order valence-electron chi connectivity index (χ1n) is 18.4. The number of nitrogens with zero attached hydrogens (tertiary/aromatic N) is 4. The van der Waals surface area contributed by atoms with Crippen LogP contribution in [0, 0.1) is 0 Å². The molecule has 5 aromatic rings. The zero-order chi connectivity index (χ0) is 39.5. The van der Waals surface area contributed by atoms with E-state index in [1.165, 1.54) is 21.1 Å². The Balaban J connectivity index is 1.03. The predicted octanol–water partition coefficient (Wildman–Crippen LogP) is 4.03. The van der Waals surface area contributed by atoms with E-state index in [-0.39, 0.29) is 12.1 Å². The van der Waals surface area contributed by atoms with Crippen molar-refractivity contribution in [3.8, 4) is 33.8 Å². The molecule has 0 radical (unpaired) electrons. The van der Waals surface area contributed by atoms with Crippen LogP contribution in [0.3, 0.4) is 0 Å². The molecule has 17 nitrogen and oxygen atoms in total. The maximum absolute atomic E-state index is 13.4. The van der Waals surface area contributed by atoms with Crippen LogP contribution in [-0.4, -0.2) is 116 Å². The second-order valence-corrected chi connectivity index (χ2v) is 13.9. The Morgan fingerprint density at radius 2 is 1.38 bits per heavy atom. The molecular formula is C39H44N8O9. The van der Waals surface area contributed by atoms with Gasteiger partial charge in [-0.25, -0.2) is 19.6 Å². The lowest BCUT2D eigenvalue weighted by Crippen LogP contribution is -2.53. The molecule has 6 N–H and O–H groups in total. The maximum Gasteiger partial charge on any atom is 0.407 e. The minimum Gasteiger partial charge on any atom is -0.456 e. The first kappa shape index (κ1) is 38.1. The van der Waals surface area contributed by atoms with Crippen molar-refractivity contribution in [3.63, 3.8) is 0 Å². The summed E-state index contributed by atoms with van der Waals surface area (Å²) in [6.45, 7) is 1.83. The van der Waals surface area contributed by atoms with Gasteiger partial charge in [-0.1, -0.05) is 24.3 Å². The van der Waals surface area contributed by atoms with Crippen LogP contribution in [0.1, 0.15) is 56.3 Å². The van der Waals surface area contributed by atoms with Crippen molar-refractivity contribution in [2.45, 2.75) is 62.9 Å². The monoisotopic (exact) mass is 768 g/mol. The van der Waals surface area contributed by atoms with Crippen molar-refractivity contribution >= 4 is 35.0 Å². The molecule has 17 heteroatoms. The number of hydrogen-bond acceptors (Lipinski definition) is 11. The van der Waals surface area contributed by atoms with Gasteiger partial charge in [-0.15, -0.1) is 0 Å². The van der Waals surface area contributed by atoms with Gasteiger partial charge in [-0.05, 0) is 62.4 Å². The number of carbonyl (C=O) groups is 4. The van der Waals surface area contributed by atoms with E-state index in [2.05, 4.69) is 40.0 Å². The molecule has 0 saturated carbocycles. The molecule has 294 valence electrons. The average Bonchev–Trinajstić information content (AvgIpc) is 4.06. The summed E-state index contributed by atoms with van der Waals surface area (Å²) in [6.07, 6.45) is 3.61. The minimum atomic E-state index is -1.15. The highest BCUT2D eigenvalue weighted by Crippen LogP contribution is 2.36. The van der Waals surface area contributed by atoms with Crippen LogP contribution < -0.4 is 10.6 Å². The zero-order valence-corrected chi connectivity index (χ0v) is 31.2. The molecule has 2 fully saturated rings. The van der Waals surface area contributed by atoms with Gasteiger partial charge in [-0.2, -0.15) is 0 Å².